The van der Waals surface area contributed by atoms with Crippen LogP contribution >= 0.6 is 0 Å². The Kier molecular flexibility index (Phi) is 5.27. The lowest BCUT2D eigenvalue weighted by Gasteiger charge is -2.35. The molecule has 0 saturated carbocycles. The van der Waals surface area contributed by atoms with Crippen LogP contribution in [0.15, 0.2) is 41.3 Å². The fourth-order valence-corrected chi connectivity index (χ4v) is 3.04. The lowest BCUT2D eigenvalue weighted by Crippen LogP contribution is -2.47. The largest absolute Gasteiger partial charge is 0.444 e. The van der Waals surface area contributed by atoms with Gasteiger partial charge in [0.15, 0.2) is 12.2 Å². The van der Waals surface area contributed by atoms with Gasteiger partial charge in [0.05, 0.1) is 18.4 Å². The lowest BCUT2D eigenvalue weighted by atomic mass is 10.1. The van der Waals surface area contributed by atoms with E-state index in [0.717, 1.165) is 25.2 Å². The quantitative estimate of drug-likeness (QED) is 0.911. The molecule has 0 radical (unpaired) electrons. The molecule has 1 aliphatic rings. The first-order chi connectivity index (χ1) is 11.6. The zero-order chi connectivity index (χ0) is 16.9. The van der Waals surface area contributed by atoms with Crippen LogP contribution in [0.5, 0.6) is 0 Å². The maximum atomic E-state index is 12.2. The van der Waals surface area contributed by atoms with Gasteiger partial charge in [-0.1, -0.05) is 12.1 Å². The summed E-state index contributed by atoms with van der Waals surface area (Å²) in [6, 6.07) is 7.32. The number of aromatic nitrogens is 1. The van der Waals surface area contributed by atoms with Crippen LogP contribution in [-0.4, -0.2) is 54.2 Å². The van der Waals surface area contributed by atoms with Crippen LogP contribution in [0, 0.1) is 0 Å². The number of nitrogens with zero attached hydrogens (tertiary/aromatic N) is 2. The van der Waals surface area contributed by atoms with Crippen molar-refractivity contribution >= 4 is 5.91 Å². The van der Waals surface area contributed by atoms with Gasteiger partial charge in [-0.15, -0.1) is 0 Å². The SMILES string of the molecule is C[C@@H]1CN(CCNC(=O)c2ccc(-c3cnco3)cc2)C[C@@H](C)O1. The van der Waals surface area contributed by atoms with Gasteiger partial charge in [0.1, 0.15) is 0 Å². The van der Waals surface area contributed by atoms with Crippen molar-refractivity contribution in [2.24, 2.45) is 0 Å². The summed E-state index contributed by atoms with van der Waals surface area (Å²) >= 11 is 0. The molecule has 1 fully saturated rings. The molecule has 0 aliphatic carbocycles. The fourth-order valence-electron chi connectivity index (χ4n) is 3.04. The molecule has 0 unspecified atom stereocenters. The average molecular weight is 329 g/mol. The van der Waals surface area contributed by atoms with Gasteiger partial charge >= 0.3 is 0 Å². The maximum absolute atomic E-state index is 12.2. The van der Waals surface area contributed by atoms with Crippen LogP contribution < -0.4 is 5.32 Å². The van der Waals surface area contributed by atoms with E-state index in [9.17, 15) is 4.79 Å². The zero-order valence-corrected chi connectivity index (χ0v) is 14.1. The third kappa shape index (κ3) is 4.21. The van der Waals surface area contributed by atoms with Crippen molar-refractivity contribution in [2.75, 3.05) is 26.2 Å². The molecule has 0 bridgehead atoms. The van der Waals surface area contributed by atoms with Crippen LogP contribution in [-0.2, 0) is 4.74 Å². The Morgan fingerprint density at radius 3 is 2.58 bits per heavy atom. The Morgan fingerprint density at radius 2 is 1.96 bits per heavy atom. The highest BCUT2D eigenvalue weighted by atomic mass is 16.5. The van der Waals surface area contributed by atoms with Gasteiger partial charge in [0.2, 0.25) is 0 Å². The zero-order valence-electron chi connectivity index (χ0n) is 14.1. The van der Waals surface area contributed by atoms with E-state index in [1.807, 2.05) is 12.1 Å². The summed E-state index contributed by atoms with van der Waals surface area (Å²) in [5.41, 5.74) is 1.54. The molecule has 0 spiro atoms. The summed E-state index contributed by atoms with van der Waals surface area (Å²) in [7, 11) is 0. The van der Waals surface area contributed by atoms with E-state index >= 15 is 0 Å². The van der Waals surface area contributed by atoms with Crippen molar-refractivity contribution in [1.29, 1.82) is 0 Å². The van der Waals surface area contributed by atoms with Crippen molar-refractivity contribution in [3.05, 3.63) is 42.4 Å². The van der Waals surface area contributed by atoms with Gasteiger partial charge in [-0.3, -0.25) is 9.69 Å². The average Bonchev–Trinajstić information content (AvgIpc) is 3.08. The van der Waals surface area contributed by atoms with Gasteiger partial charge in [0, 0.05) is 37.3 Å². The molecular weight excluding hydrogens is 306 g/mol. The van der Waals surface area contributed by atoms with E-state index in [1.165, 1.54) is 6.39 Å². The number of oxazole rings is 1. The fraction of sp³-hybridized carbons (Fsp3) is 0.444. The molecular formula is C18H23N3O3. The summed E-state index contributed by atoms with van der Waals surface area (Å²) in [4.78, 5) is 18.4. The Balaban J connectivity index is 1.48. The second-order valence-electron chi connectivity index (χ2n) is 6.22. The molecule has 2 heterocycles. The summed E-state index contributed by atoms with van der Waals surface area (Å²) in [6.07, 6.45) is 3.53. The molecule has 1 amide bonds. The summed E-state index contributed by atoms with van der Waals surface area (Å²) < 4.78 is 11.0. The van der Waals surface area contributed by atoms with Crippen LogP contribution in [0.3, 0.4) is 0 Å². The van der Waals surface area contributed by atoms with Gasteiger partial charge in [0.25, 0.3) is 5.91 Å². The topological polar surface area (TPSA) is 67.6 Å². The predicted octanol–water partition coefficient (Wildman–Crippen LogP) is 2.18. The number of carbonyl (C=O) groups excluding carboxylic acids is 1. The molecule has 3 rings (SSSR count). The Hall–Kier alpha value is -2.18. The number of benzene rings is 1. The molecule has 1 N–H and O–H groups in total. The highest BCUT2D eigenvalue weighted by Crippen LogP contribution is 2.18. The molecule has 1 aromatic carbocycles. The molecule has 6 nitrogen and oxygen atoms in total. The smallest absolute Gasteiger partial charge is 0.251 e. The number of rotatable bonds is 5. The van der Waals surface area contributed by atoms with Crippen molar-refractivity contribution in [3.8, 4) is 11.3 Å². The monoisotopic (exact) mass is 329 g/mol. The second-order valence-corrected chi connectivity index (χ2v) is 6.22. The minimum atomic E-state index is -0.0616. The van der Waals surface area contributed by atoms with Crippen LogP contribution in [0.4, 0.5) is 0 Å². The number of carbonyl (C=O) groups is 1. The number of ether oxygens (including phenoxy) is 1. The Bertz CT molecular complexity index is 645. The predicted molar refractivity (Wildman–Crippen MR) is 90.7 cm³/mol. The van der Waals surface area contributed by atoms with Crippen molar-refractivity contribution in [1.82, 2.24) is 15.2 Å². The van der Waals surface area contributed by atoms with Gasteiger partial charge in [-0.2, -0.15) is 0 Å². The van der Waals surface area contributed by atoms with Crippen LogP contribution in [0.1, 0.15) is 24.2 Å². The normalized spacial score (nSPS) is 21.6. The lowest BCUT2D eigenvalue weighted by molar-refractivity contribution is -0.0672. The van der Waals surface area contributed by atoms with Gasteiger partial charge in [-0.25, -0.2) is 4.98 Å². The molecule has 2 atom stereocenters. The maximum Gasteiger partial charge on any atom is 0.251 e. The third-order valence-corrected chi connectivity index (χ3v) is 4.07. The highest BCUT2D eigenvalue weighted by molar-refractivity contribution is 5.94. The van der Waals surface area contributed by atoms with Gasteiger partial charge < -0.3 is 14.5 Å². The van der Waals surface area contributed by atoms with Crippen molar-refractivity contribution in [2.45, 2.75) is 26.1 Å². The summed E-state index contributed by atoms with van der Waals surface area (Å²) in [5, 5.41) is 2.97. The van der Waals surface area contributed by atoms with E-state index in [4.69, 9.17) is 9.15 Å². The third-order valence-electron chi connectivity index (χ3n) is 4.07. The number of hydrogen-bond donors (Lipinski definition) is 1. The van der Waals surface area contributed by atoms with E-state index in [-0.39, 0.29) is 18.1 Å². The first-order valence-electron chi connectivity index (χ1n) is 8.27. The van der Waals surface area contributed by atoms with Crippen molar-refractivity contribution < 1.29 is 13.9 Å². The highest BCUT2D eigenvalue weighted by Gasteiger charge is 2.21. The van der Waals surface area contributed by atoms with Gasteiger partial charge in [-0.05, 0) is 26.0 Å². The first kappa shape index (κ1) is 16.7. The summed E-state index contributed by atoms with van der Waals surface area (Å²) in [6.45, 7) is 7.44. The second kappa shape index (κ2) is 7.59. The molecule has 2 aromatic rings. The molecule has 1 aromatic heterocycles. The Labute approximate surface area is 141 Å². The number of morpholine rings is 1. The molecule has 128 valence electrons. The van der Waals surface area contributed by atoms with E-state index < -0.39 is 0 Å². The van der Waals surface area contributed by atoms with Crippen LogP contribution in [0.25, 0.3) is 11.3 Å². The minimum absolute atomic E-state index is 0.0616. The first-order valence-corrected chi connectivity index (χ1v) is 8.27. The van der Waals surface area contributed by atoms with Crippen molar-refractivity contribution in [3.63, 3.8) is 0 Å². The van der Waals surface area contributed by atoms with Crippen LogP contribution in [0.2, 0.25) is 0 Å². The molecule has 24 heavy (non-hydrogen) atoms. The molecule has 6 heteroatoms. The minimum Gasteiger partial charge on any atom is -0.444 e. The number of amides is 1. The number of hydrogen-bond acceptors (Lipinski definition) is 5. The van der Waals surface area contributed by atoms with E-state index in [1.54, 1.807) is 18.3 Å². The summed E-state index contributed by atoms with van der Waals surface area (Å²) in [5.74, 6) is 0.631. The van der Waals surface area contributed by atoms with E-state index in [2.05, 4.69) is 29.0 Å². The Morgan fingerprint density at radius 1 is 1.25 bits per heavy atom. The molecule has 1 saturated heterocycles. The number of nitrogens with one attached hydrogen (secondary N) is 1. The standard InChI is InChI=1S/C18H23N3O3/c1-13-10-21(11-14(2)24-13)8-7-20-18(22)16-5-3-15(4-6-16)17-9-19-12-23-17/h3-6,9,12-14H,7-8,10-11H2,1-2H3,(H,20,22)/t13-,14-/m1/s1. The van der Waals surface area contributed by atoms with E-state index in [0.29, 0.717) is 17.9 Å². The molecule has 1 aliphatic heterocycles.